The Labute approximate surface area is 140 Å². The molecule has 0 saturated heterocycles. The predicted molar refractivity (Wildman–Crippen MR) is 88.8 cm³/mol. The highest BCUT2D eigenvalue weighted by molar-refractivity contribution is 6.02. The van der Waals surface area contributed by atoms with E-state index in [0.717, 1.165) is 10.9 Å². The van der Waals surface area contributed by atoms with Crippen LogP contribution in [0.3, 0.4) is 0 Å². The van der Waals surface area contributed by atoms with Crippen LogP contribution in [0.5, 0.6) is 17.2 Å². The van der Waals surface area contributed by atoms with Gasteiger partial charge in [0.1, 0.15) is 23.4 Å². The highest BCUT2D eigenvalue weighted by atomic mass is 16.6. The highest BCUT2D eigenvalue weighted by Crippen LogP contribution is 2.53. The molecule has 0 radical (unpaired) electrons. The minimum absolute atomic E-state index is 0.461. The fourth-order valence-corrected chi connectivity index (χ4v) is 3.51. The molecular weight excluding hydrogens is 312 g/mol. The van der Waals surface area contributed by atoms with E-state index in [1.807, 2.05) is 19.1 Å². The lowest BCUT2D eigenvalue weighted by atomic mass is 9.88. The third kappa shape index (κ3) is 2.22. The summed E-state index contributed by atoms with van der Waals surface area (Å²) in [6, 6.07) is 3.78. The molecule has 0 spiro atoms. The summed E-state index contributed by atoms with van der Waals surface area (Å²) in [6.07, 6.45) is -3.04. The third-order valence-electron chi connectivity index (χ3n) is 4.55. The maximum absolute atomic E-state index is 10.5. The number of aryl methyl sites for hydroxylation is 1. The van der Waals surface area contributed by atoms with Gasteiger partial charge in [0.15, 0.2) is 6.29 Å². The molecule has 0 aromatic heterocycles. The van der Waals surface area contributed by atoms with Crippen LogP contribution in [0.2, 0.25) is 0 Å². The molecule has 2 aromatic carbocycles. The minimum Gasteiger partial charge on any atom is -0.496 e. The summed E-state index contributed by atoms with van der Waals surface area (Å²) in [5, 5.41) is 22.1. The Kier molecular flexibility index (Phi) is 4.29. The Morgan fingerprint density at radius 3 is 2.12 bits per heavy atom. The molecule has 0 aliphatic carbocycles. The maximum atomic E-state index is 10.5. The molecule has 1 heterocycles. The van der Waals surface area contributed by atoms with Crippen molar-refractivity contribution in [3.8, 4) is 17.2 Å². The van der Waals surface area contributed by atoms with E-state index in [1.165, 1.54) is 7.11 Å². The van der Waals surface area contributed by atoms with Gasteiger partial charge in [-0.25, -0.2) is 0 Å². The van der Waals surface area contributed by atoms with Crippen molar-refractivity contribution in [2.24, 2.45) is 0 Å². The largest absolute Gasteiger partial charge is 0.496 e. The molecule has 3 atom stereocenters. The summed E-state index contributed by atoms with van der Waals surface area (Å²) in [6.45, 7) is 3.77. The van der Waals surface area contributed by atoms with Gasteiger partial charge in [0.2, 0.25) is 0 Å². The number of aliphatic hydroxyl groups excluding tert-OH is 2. The number of benzene rings is 2. The molecular formula is C18H22O6. The number of rotatable bonds is 3. The first kappa shape index (κ1) is 16.8. The Bertz CT molecular complexity index is 785. The Morgan fingerprint density at radius 2 is 1.54 bits per heavy atom. The van der Waals surface area contributed by atoms with Crippen LogP contribution in [-0.4, -0.2) is 37.8 Å². The molecule has 2 aromatic rings. The van der Waals surface area contributed by atoms with E-state index in [2.05, 4.69) is 0 Å². The zero-order chi connectivity index (χ0) is 17.6. The van der Waals surface area contributed by atoms with Crippen LogP contribution < -0.4 is 14.2 Å². The van der Waals surface area contributed by atoms with Gasteiger partial charge >= 0.3 is 0 Å². The van der Waals surface area contributed by atoms with Gasteiger partial charge in [-0.1, -0.05) is 6.07 Å². The molecule has 0 unspecified atom stereocenters. The monoisotopic (exact) mass is 334 g/mol. The van der Waals surface area contributed by atoms with E-state index < -0.39 is 18.5 Å². The molecule has 0 saturated carbocycles. The summed E-state index contributed by atoms with van der Waals surface area (Å²) in [5.41, 5.74) is 2.13. The zero-order valence-corrected chi connectivity index (χ0v) is 14.4. The maximum Gasteiger partial charge on any atom is 0.185 e. The molecule has 6 nitrogen and oxygen atoms in total. The van der Waals surface area contributed by atoms with E-state index in [0.29, 0.717) is 33.8 Å². The van der Waals surface area contributed by atoms with Gasteiger partial charge in [0.25, 0.3) is 0 Å². The van der Waals surface area contributed by atoms with Crippen LogP contribution >= 0.6 is 0 Å². The van der Waals surface area contributed by atoms with Crippen LogP contribution in [0.1, 0.15) is 35.8 Å². The van der Waals surface area contributed by atoms with E-state index in [4.69, 9.17) is 18.9 Å². The first-order valence-corrected chi connectivity index (χ1v) is 7.72. The Balaban J connectivity index is 2.57. The normalized spacial score (nSPS) is 23.0. The van der Waals surface area contributed by atoms with Crippen molar-refractivity contribution in [2.75, 3.05) is 21.3 Å². The molecule has 3 rings (SSSR count). The first-order chi connectivity index (χ1) is 11.5. The SMILES string of the molecule is COc1ccc(C)c2c(OC)c3c(c(OC)c12)[C@H](O)[C@@H](O)O[C@H]3C. The molecule has 0 amide bonds. The van der Waals surface area contributed by atoms with Crippen molar-refractivity contribution >= 4 is 10.8 Å². The van der Waals surface area contributed by atoms with Crippen molar-refractivity contribution in [2.45, 2.75) is 32.3 Å². The fraction of sp³-hybridized carbons (Fsp3) is 0.444. The van der Waals surface area contributed by atoms with Crippen LogP contribution in [0, 0.1) is 6.92 Å². The van der Waals surface area contributed by atoms with Gasteiger partial charge in [0, 0.05) is 16.5 Å². The summed E-state index contributed by atoms with van der Waals surface area (Å²) in [7, 11) is 4.68. The number of hydrogen-bond acceptors (Lipinski definition) is 6. The van der Waals surface area contributed by atoms with E-state index in [1.54, 1.807) is 21.1 Å². The molecule has 0 fully saturated rings. The van der Waals surface area contributed by atoms with Crippen LogP contribution in [0.15, 0.2) is 12.1 Å². The van der Waals surface area contributed by atoms with Gasteiger partial charge in [-0.05, 0) is 25.5 Å². The second-order valence-corrected chi connectivity index (χ2v) is 5.84. The average Bonchev–Trinajstić information content (AvgIpc) is 2.58. The van der Waals surface area contributed by atoms with Crippen molar-refractivity contribution in [1.29, 1.82) is 0 Å². The lowest BCUT2D eigenvalue weighted by molar-refractivity contribution is -0.200. The van der Waals surface area contributed by atoms with Crippen LogP contribution in [-0.2, 0) is 4.74 Å². The van der Waals surface area contributed by atoms with Crippen molar-refractivity contribution < 1.29 is 29.2 Å². The van der Waals surface area contributed by atoms with Gasteiger partial charge in [-0.15, -0.1) is 0 Å². The Hall–Kier alpha value is -2.02. The van der Waals surface area contributed by atoms with E-state index >= 15 is 0 Å². The molecule has 24 heavy (non-hydrogen) atoms. The van der Waals surface area contributed by atoms with Crippen molar-refractivity contribution in [3.63, 3.8) is 0 Å². The second kappa shape index (κ2) is 6.12. The number of aliphatic hydroxyl groups is 2. The van der Waals surface area contributed by atoms with Gasteiger partial charge in [-0.3, -0.25) is 0 Å². The summed E-state index contributed by atoms with van der Waals surface area (Å²) < 4.78 is 22.2. The highest BCUT2D eigenvalue weighted by Gasteiger charge is 2.39. The van der Waals surface area contributed by atoms with Gasteiger partial charge < -0.3 is 29.2 Å². The number of fused-ring (bicyclic) bond motifs is 2. The number of hydrogen-bond donors (Lipinski definition) is 2. The quantitative estimate of drug-likeness (QED) is 0.898. The van der Waals surface area contributed by atoms with Crippen LogP contribution in [0.25, 0.3) is 10.8 Å². The van der Waals surface area contributed by atoms with Crippen molar-refractivity contribution in [3.05, 3.63) is 28.8 Å². The number of methoxy groups -OCH3 is 3. The van der Waals surface area contributed by atoms with Gasteiger partial charge in [0.05, 0.1) is 32.8 Å². The van der Waals surface area contributed by atoms with Crippen LogP contribution in [0.4, 0.5) is 0 Å². The molecule has 0 bridgehead atoms. The topological polar surface area (TPSA) is 77.4 Å². The first-order valence-electron chi connectivity index (χ1n) is 7.72. The second-order valence-electron chi connectivity index (χ2n) is 5.84. The molecule has 130 valence electrons. The smallest absolute Gasteiger partial charge is 0.185 e. The summed E-state index contributed by atoms with van der Waals surface area (Å²) in [5.74, 6) is 1.66. The predicted octanol–water partition coefficient (Wildman–Crippen LogP) is 2.62. The van der Waals surface area contributed by atoms with Gasteiger partial charge in [-0.2, -0.15) is 0 Å². The molecule has 6 heteroatoms. The minimum atomic E-state index is -1.33. The third-order valence-corrected chi connectivity index (χ3v) is 4.55. The van der Waals surface area contributed by atoms with Crippen molar-refractivity contribution in [1.82, 2.24) is 0 Å². The zero-order valence-electron chi connectivity index (χ0n) is 14.4. The summed E-state index contributed by atoms with van der Waals surface area (Å²) in [4.78, 5) is 0. The fourth-order valence-electron chi connectivity index (χ4n) is 3.51. The standard InChI is InChI=1S/C18H22O6/c1-8-6-7-10(21-3)13-11(8)16(22-4)12-9(2)24-18(20)15(19)14(12)17(13)23-5/h6-7,9,15,18-20H,1-5H3/t9-,15-,18-/m0/s1. The molecule has 2 N–H and O–H groups in total. The van der Waals surface area contributed by atoms with E-state index in [9.17, 15) is 10.2 Å². The molecule has 1 aliphatic heterocycles. The number of ether oxygens (including phenoxy) is 4. The summed E-state index contributed by atoms with van der Waals surface area (Å²) >= 11 is 0. The lowest BCUT2D eigenvalue weighted by Gasteiger charge is -2.34. The Morgan fingerprint density at radius 1 is 0.917 bits per heavy atom. The lowest BCUT2D eigenvalue weighted by Crippen LogP contribution is -2.30. The average molecular weight is 334 g/mol. The molecule has 1 aliphatic rings. The van der Waals surface area contributed by atoms with E-state index in [-0.39, 0.29) is 0 Å².